The second-order valence-electron chi connectivity index (χ2n) is 4.29. The van der Waals surface area contributed by atoms with Crippen LogP contribution < -0.4 is 5.32 Å². The molecule has 1 unspecified atom stereocenters. The highest BCUT2D eigenvalue weighted by atomic mass is 79.9. The van der Waals surface area contributed by atoms with Crippen molar-refractivity contribution < 1.29 is 4.39 Å². The molecule has 1 nitrogen and oxygen atoms in total. The van der Waals surface area contributed by atoms with E-state index in [2.05, 4.69) is 34.2 Å². The smallest absolute Gasteiger partial charge is 0.126 e. The summed E-state index contributed by atoms with van der Waals surface area (Å²) in [6, 6.07) is 7.51. The maximum absolute atomic E-state index is 13.3. The van der Waals surface area contributed by atoms with Crippen molar-refractivity contribution in [3.05, 3.63) is 55.4 Å². The van der Waals surface area contributed by atoms with Gasteiger partial charge in [0.2, 0.25) is 0 Å². The molecule has 0 fully saturated rings. The summed E-state index contributed by atoms with van der Waals surface area (Å²) in [6.45, 7) is 3.90. The first-order valence-electron chi connectivity index (χ1n) is 5.72. The highest BCUT2D eigenvalue weighted by Crippen LogP contribution is 2.33. The largest absolute Gasteiger partial charge is 0.309 e. The number of aryl methyl sites for hydroxylation is 2. The van der Waals surface area contributed by atoms with Crippen LogP contribution in [0.5, 0.6) is 0 Å². The number of nitrogens with one attached hydrogen (secondary N) is 1. The Labute approximate surface area is 119 Å². The quantitative estimate of drug-likeness (QED) is 0.870. The van der Waals surface area contributed by atoms with Crippen LogP contribution >= 0.6 is 27.3 Å². The van der Waals surface area contributed by atoms with Crippen molar-refractivity contribution in [2.45, 2.75) is 19.9 Å². The number of rotatable bonds is 3. The lowest BCUT2D eigenvalue weighted by Crippen LogP contribution is -2.18. The van der Waals surface area contributed by atoms with Gasteiger partial charge in [0.05, 0.1) is 9.83 Å². The molecule has 0 aliphatic heterocycles. The normalized spacial score (nSPS) is 12.7. The van der Waals surface area contributed by atoms with Gasteiger partial charge in [-0.15, -0.1) is 11.3 Å². The van der Waals surface area contributed by atoms with Crippen molar-refractivity contribution in [2.24, 2.45) is 0 Å². The molecule has 0 aliphatic rings. The lowest BCUT2D eigenvalue weighted by Gasteiger charge is -2.17. The summed E-state index contributed by atoms with van der Waals surface area (Å²) < 4.78 is 14.4. The molecule has 18 heavy (non-hydrogen) atoms. The SMILES string of the molecule is CNC(c1ccc(F)c(C)c1)c1cc(Br)sc1C. The Kier molecular flexibility index (Phi) is 4.20. The van der Waals surface area contributed by atoms with Gasteiger partial charge in [0, 0.05) is 4.88 Å². The lowest BCUT2D eigenvalue weighted by molar-refractivity contribution is 0.614. The molecule has 0 spiro atoms. The molecule has 1 aromatic heterocycles. The molecule has 1 atom stereocenters. The number of hydrogen-bond acceptors (Lipinski definition) is 2. The van der Waals surface area contributed by atoms with Crippen LogP contribution in [0.3, 0.4) is 0 Å². The third-order valence-electron chi connectivity index (χ3n) is 3.04. The third kappa shape index (κ3) is 2.66. The molecular weight excluding hydrogens is 313 g/mol. The first-order valence-corrected chi connectivity index (χ1v) is 7.33. The first-order chi connectivity index (χ1) is 8.52. The molecule has 0 bridgehead atoms. The van der Waals surface area contributed by atoms with Crippen molar-refractivity contribution in [3.63, 3.8) is 0 Å². The number of hydrogen-bond donors (Lipinski definition) is 1. The van der Waals surface area contributed by atoms with Gasteiger partial charge in [-0.25, -0.2) is 4.39 Å². The highest BCUT2D eigenvalue weighted by Gasteiger charge is 2.17. The van der Waals surface area contributed by atoms with Crippen molar-refractivity contribution in [1.82, 2.24) is 5.32 Å². The van der Waals surface area contributed by atoms with E-state index in [1.54, 1.807) is 18.3 Å². The van der Waals surface area contributed by atoms with Gasteiger partial charge in [0.1, 0.15) is 5.82 Å². The van der Waals surface area contributed by atoms with Gasteiger partial charge in [-0.3, -0.25) is 0 Å². The van der Waals surface area contributed by atoms with Crippen LogP contribution in [-0.2, 0) is 0 Å². The fourth-order valence-electron chi connectivity index (χ4n) is 2.09. The van der Waals surface area contributed by atoms with E-state index in [1.807, 2.05) is 19.2 Å². The topological polar surface area (TPSA) is 12.0 Å². The van der Waals surface area contributed by atoms with Crippen molar-refractivity contribution in [2.75, 3.05) is 7.05 Å². The van der Waals surface area contributed by atoms with Gasteiger partial charge in [0.25, 0.3) is 0 Å². The molecule has 0 saturated carbocycles. The molecule has 2 aromatic rings. The standard InChI is InChI=1S/C14H15BrFNS/c1-8-6-10(4-5-12(8)16)14(17-3)11-7-13(15)18-9(11)2/h4-7,14,17H,1-3H3. The molecule has 0 radical (unpaired) electrons. The Morgan fingerprint density at radius 1 is 1.28 bits per heavy atom. The summed E-state index contributed by atoms with van der Waals surface area (Å²) in [4.78, 5) is 1.27. The van der Waals surface area contributed by atoms with Crippen molar-refractivity contribution in [3.8, 4) is 0 Å². The van der Waals surface area contributed by atoms with Crippen molar-refractivity contribution >= 4 is 27.3 Å². The average molecular weight is 328 g/mol. The summed E-state index contributed by atoms with van der Waals surface area (Å²) in [5.41, 5.74) is 3.00. The molecule has 96 valence electrons. The third-order valence-corrected chi connectivity index (χ3v) is 4.61. The minimum Gasteiger partial charge on any atom is -0.309 e. The Bertz CT molecular complexity index is 565. The molecule has 1 N–H and O–H groups in total. The monoisotopic (exact) mass is 327 g/mol. The summed E-state index contributed by atoms with van der Waals surface area (Å²) in [5, 5.41) is 3.30. The first kappa shape index (κ1) is 13.7. The summed E-state index contributed by atoms with van der Waals surface area (Å²) in [5.74, 6) is -0.156. The van der Waals surface area contributed by atoms with Crippen LogP contribution in [0.25, 0.3) is 0 Å². The predicted molar refractivity (Wildman–Crippen MR) is 78.8 cm³/mol. The molecule has 0 aliphatic carbocycles. The van der Waals surface area contributed by atoms with Crippen molar-refractivity contribution in [1.29, 1.82) is 0 Å². The molecule has 0 saturated heterocycles. The fourth-order valence-corrected chi connectivity index (χ4v) is 3.84. The van der Waals surface area contributed by atoms with Gasteiger partial charge in [-0.05, 0) is 65.6 Å². The van der Waals surface area contributed by atoms with Gasteiger partial charge in [-0.1, -0.05) is 12.1 Å². The molecule has 2 rings (SSSR count). The van der Waals surface area contributed by atoms with Crippen LogP contribution in [-0.4, -0.2) is 7.05 Å². The Hall–Kier alpha value is -0.710. The number of halogens is 2. The second kappa shape index (κ2) is 5.51. The van der Waals surface area contributed by atoms with E-state index in [4.69, 9.17) is 0 Å². The van der Waals surface area contributed by atoms with E-state index in [1.165, 1.54) is 16.5 Å². The zero-order valence-corrected chi connectivity index (χ0v) is 13.0. The van der Waals surface area contributed by atoms with E-state index in [9.17, 15) is 4.39 Å². The maximum Gasteiger partial charge on any atom is 0.126 e. The molecule has 0 amide bonds. The zero-order chi connectivity index (χ0) is 13.3. The van der Waals surface area contributed by atoms with Gasteiger partial charge >= 0.3 is 0 Å². The zero-order valence-electron chi connectivity index (χ0n) is 10.6. The van der Waals surface area contributed by atoms with Crippen LogP contribution in [0.4, 0.5) is 4.39 Å². The fraction of sp³-hybridized carbons (Fsp3) is 0.286. The van der Waals surface area contributed by atoms with Gasteiger partial charge < -0.3 is 5.32 Å². The van der Waals surface area contributed by atoms with Gasteiger partial charge in [-0.2, -0.15) is 0 Å². The Balaban J connectivity index is 2.45. The highest BCUT2D eigenvalue weighted by molar-refractivity contribution is 9.11. The average Bonchev–Trinajstić information content (AvgIpc) is 2.64. The number of thiophene rings is 1. The Morgan fingerprint density at radius 3 is 2.50 bits per heavy atom. The maximum atomic E-state index is 13.3. The van der Waals surface area contributed by atoms with E-state index >= 15 is 0 Å². The lowest BCUT2D eigenvalue weighted by atomic mass is 9.98. The van der Waals surface area contributed by atoms with E-state index in [0.29, 0.717) is 5.56 Å². The van der Waals surface area contributed by atoms with Crippen LogP contribution in [0.2, 0.25) is 0 Å². The molecule has 4 heteroatoms. The van der Waals surface area contributed by atoms with E-state index in [-0.39, 0.29) is 11.9 Å². The summed E-state index contributed by atoms with van der Waals surface area (Å²) in [7, 11) is 1.92. The summed E-state index contributed by atoms with van der Waals surface area (Å²) in [6.07, 6.45) is 0. The Morgan fingerprint density at radius 2 is 2.00 bits per heavy atom. The number of benzene rings is 1. The predicted octanol–water partition coefficient (Wildman–Crippen LogP) is 4.58. The van der Waals surface area contributed by atoms with Crippen LogP contribution in [0, 0.1) is 19.7 Å². The van der Waals surface area contributed by atoms with E-state index in [0.717, 1.165) is 9.35 Å². The van der Waals surface area contributed by atoms with Crippen LogP contribution in [0.15, 0.2) is 28.1 Å². The van der Waals surface area contributed by atoms with Gasteiger partial charge in [0.15, 0.2) is 0 Å². The molecular formula is C14H15BrFNS. The minimum atomic E-state index is -0.156. The molecule has 1 aromatic carbocycles. The van der Waals surface area contributed by atoms with E-state index < -0.39 is 0 Å². The molecule has 1 heterocycles. The second-order valence-corrected chi connectivity index (χ2v) is 6.93. The van der Waals surface area contributed by atoms with Crippen LogP contribution in [0.1, 0.15) is 27.6 Å². The minimum absolute atomic E-state index is 0.104. The summed E-state index contributed by atoms with van der Waals surface area (Å²) >= 11 is 5.23.